The van der Waals surface area contributed by atoms with Crippen LogP contribution in [0.3, 0.4) is 0 Å². The van der Waals surface area contributed by atoms with Crippen molar-refractivity contribution in [1.82, 2.24) is 24.9 Å². The maximum Gasteiger partial charge on any atom is 0.341 e. The van der Waals surface area contributed by atoms with Gasteiger partial charge in [0.05, 0.1) is 12.5 Å². The van der Waals surface area contributed by atoms with E-state index in [0.29, 0.717) is 31.4 Å². The largest absolute Gasteiger partial charge is 0.381 e. The molecule has 7 rings (SSSR count). The van der Waals surface area contributed by atoms with Gasteiger partial charge in [-0.15, -0.1) is 0 Å². The molecule has 9 heteroatoms. The molecule has 1 aromatic carbocycles. The minimum absolute atomic E-state index is 0.0368. The van der Waals surface area contributed by atoms with Crippen LogP contribution >= 0.6 is 0 Å². The number of amides is 3. The van der Waals surface area contributed by atoms with E-state index in [1.165, 1.54) is 12.8 Å². The van der Waals surface area contributed by atoms with Gasteiger partial charge in [0.2, 0.25) is 5.91 Å². The van der Waals surface area contributed by atoms with Gasteiger partial charge in [0, 0.05) is 50.8 Å². The number of benzene rings is 1. The second-order valence-electron chi connectivity index (χ2n) is 16.1. The van der Waals surface area contributed by atoms with E-state index < -0.39 is 11.5 Å². The quantitative estimate of drug-likeness (QED) is 0.385. The number of likely N-dealkylation sites (tertiary alicyclic amines) is 1. The molecule has 0 radical (unpaired) electrons. The zero-order chi connectivity index (χ0) is 32.5. The Kier molecular flexibility index (Phi) is 7.75. The predicted molar refractivity (Wildman–Crippen MR) is 177 cm³/mol. The van der Waals surface area contributed by atoms with Gasteiger partial charge in [-0.05, 0) is 73.6 Å². The molecule has 3 heterocycles. The number of piperidine rings is 1. The van der Waals surface area contributed by atoms with Crippen LogP contribution in [0.5, 0.6) is 0 Å². The smallest absolute Gasteiger partial charge is 0.341 e. The van der Waals surface area contributed by atoms with E-state index in [4.69, 9.17) is 4.74 Å². The number of hydrogen-bond acceptors (Lipinski definition) is 5. The van der Waals surface area contributed by atoms with E-state index >= 15 is 0 Å². The summed E-state index contributed by atoms with van der Waals surface area (Å²) in [6.07, 6.45) is 11.2. The van der Waals surface area contributed by atoms with Crippen LogP contribution in [-0.2, 0) is 26.8 Å². The number of quaternary nitrogens is 1. The van der Waals surface area contributed by atoms with Gasteiger partial charge < -0.3 is 15.4 Å². The summed E-state index contributed by atoms with van der Waals surface area (Å²) in [6, 6.07) is 9.62. The molecule has 2 aliphatic heterocycles. The number of carbonyl (C=O) groups excluding carboxylic acids is 3. The number of hydrogen-bond donors (Lipinski definition) is 2. The van der Waals surface area contributed by atoms with Crippen LogP contribution in [0.4, 0.5) is 5.69 Å². The first-order chi connectivity index (χ1) is 21.9. The molecule has 0 bridgehead atoms. The third kappa shape index (κ3) is 4.86. The fourth-order valence-electron chi connectivity index (χ4n) is 9.72. The van der Waals surface area contributed by atoms with E-state index in [-0.39, 0.29) is 50.9 Å². The molecule has 3 saturated carbocycles. The molecule has 9 nitrogen and oxygen atoms in total. The van der Waals surface area contributed by atoms with Crippen LogP contribution in [0.15, 0.2) is 36.5 Å². The summed E-state index contributed by atoms with van der Waals surface area (Å²) in [7, 11) is 3.79. The number of nitrogens with zero attached hydrogens (tertiary/aromatic N) is 3. The van der Waals surface area contributed by atoms with Crippen LogP contribution < -0.4 is 15.1 Å². The summed E-state index contributed by atoms with van der Waals surface area (Å²) in [5.41, 5.74) is 1.83. The first-order valence-electron chi connectivity index (χ1n) is 17.6. The lowest BCUT2D eigenvalue weighted by atomic mass is 9.64. The summed E-state index contributed by atoms with van der Waals surface area (Å²) in [6.45, 7) is 8.74. The standard InChI is InChI=1S/C37H51N5O4/c1-35(17-7-18-35)23-38-34(45)37(3,26-15-20-46-21-16-26)25-10-12-27(13-11-25)42(5)29-22-36(29,2)30(24-8-6-9-24)31(33(42)44)40-32(43)28-14-19-39-41(28)4/h10-14,19,24,26,29-31H,6-9,15-18,20-23H2,1-5H3,(H-,38,40,43,45)/p+1/t29?,30?,31-,36?,37?,42-/m0/s1. The van der Waals surface area contributed by atoms with Crippen molar-refractivity contribution >= 4 is 23.4 Å². The van der Waals surface area contributed by atoms with Crippen molar-refractivity contribution in [2.45, 2.75) is 96.1 Å². The first-order valence-corrected chi connectivity index (χ1v) is 17.6. The summed E-state index contributed by atoms with van der Waals surface area (Å²) < 4.78 is 7.42. The third-order valence-corrected chi connectivity index (χ3v) is 13.4. The van der Waals surface area contributed by atoms with E-state index in [9.17, 15) is 14.4 Å². The van der Waals surface area contributed by atoms with Gasteiger partial charge in [-0.2, -0.15) is 5.10 Å². The Labute approximate surface area is 273 Å². The molecule has 3 aliphatic carbocycles. The average molecular weight is 631 g/mol. The zero-order valence-corrected chi connectivity index (χ0v) is 28.3. The van der Waals surface area contributed by atoms with Gasteiger partial charge in [-0.3, -0.25) is 14.3 Å². The highest BCUT2D eigenvalue weighted by molar-refractivity contribution is 6.01. The minimum atomic E-state index is -0.698. The number of aryl methyl sites for hydroxylation is 1. The Morgan fingerprint density at radius 3 is 2.33 bits per heavy atom. The highest BCUT2D eigenvalue weighted by atomic mass is 16.5. The number of carbonyl (C=O) groups is 3. The molecule has 4 unspecified atom stereocenters. The van der Waals surface area contributed by atoms with Crippen molar-refractivity contribution < 1.29 is 19.1 Å². The molecule has 248 valence electrons. The molecule has 5 aliphatic rings. The molecule has 0 spiro atoms. The summed E-state index contributed by atoms with van der Waals surface area (Å²) >= 11 is 0. The Balaban J connectivity index is 1.20. The molecular formula is C37H52N5O4+. The maximum atomic E-state index is 14.8. The SMILES string of the molecule is Cn1nccc1C(=O)N[C@@H]1C(=O)[N@@+](C)(c2ccc(C(C)(C(=O)NCC3(C)CCC3)C3CCOCC3)cc2)C2CC2(C)C1C1CCC1. The zero-order valence-electron chi connectivity index (χ0n) is 28.3. The average Bonchev–Trinajstić information content (AvgIpc) is 3.55. The number of likely N-dealkylation sites (N-methyl/N-ethyl adjacent to an activating group) is 1. The molecule has 2 aromatic rings. The van der Waals surface area contributed by atoms with Crippen LogP contribution in [-0.4, -0.2) is 66.4 Å². The normalized spacial score (nSPS) is 33.6. The Morgan fingerprint density at radius 2 is 1.76 bits per heavy atom. The highest BCUT2D eigenvalue weighted by Gasteiger charge is 2.75. The number of aromatic nitrogens is 2. The molecule has 5 fully saturated rings. The first kappa shape index (κ1) is 31.6. The van der Waals surface area contributed by atoms with Gasteiger partial charge >= 0.3 is 5.91 Å². The number of nitrogens with one attached hydrogen (secondary N) is 2. The predicted octanol–water partition coefficient (Wildman–Crippen LogP) is 4.88. The number of rotatable bonds is 9. The second-order valence-corrected chi connectivity index (χ2v) is 16.1. The molecule has 6 atom stereocenters. The minimum Gasteiger partial charge on any atom is -0.381 e. The summed E-state index contributed by atoms with van der Waals surface area (Å²) in [5.74, 6) is 0.641. The Morgan fingerprint density at radius 1 is 1.07 bits per heavy atom. The van der Waals surface area contributed by atoms with Crippen molar-refractivity contribution in [2.24, 2.45) is 35.6 Å². The molecule has 46 heavy (non-hydrogen) atoms. The number of fused-ring (bicyclic) bond motifs is 1. The summed E-state index contributed by atoms with van der Waals surface area (Å²) in [5, 5.41) is 10.8. The van der Waals surface area contributed by atoms with Crippen LogP contribution in [0.25, 0.3) is 0 Å². The topological polar surface area (TPSA) is 102 Å². The van der Waals surface area contributed by atoms with Crippen molar-refractivity contribution in [2.75, 3.05) is 26.8 Å². The van der Waals surface area contributed by atoms with Crippen LogP contribution in [0, 0.1) is 28.6 Å². The van der Waals surface area contributed by atoms with Crippen LogP contribution in [0.2, 0.25) is 0 Å². The van der Waals surface area contributed by atoms with Gasteiger partial charge in [0.1, 0.15) is 23.5 Å². The van der Waals surface area contributed by atoms with Gasteiger partial charge in [-0.1, -0.05) is 51.7 Å². The molecular weight excluding hydrogens is 578 g/mol. The van der Waals surface area contributed by atoms with Gasteiger partial charge in [0.25, 0.3) is 5.91 Å². The Hall–Kier alpha value is -3.04. The lowest BCUT2D eigenvalue weighted by Gasteiger charge is -2.49. The Bertz CT molecular complexity index is 1510. The van der Waals surface area contributed by atoms with Gasteiger partial charge in [0.15, 0.2) is 0 Å². The lowest BCUT2D eigenvalue weighted by molar-refractivity contribution is -0.140. The van der Waals surface area contributed by atoms with Crippen LogP contribution in [0.1, 0.15) is 94.6 Å². The van der Waals surface area contributed by atoms with Crippen molar-refractivity contribution in [1.29, 1.82) is 0 Å². The van der Waals surface area contributed by atoms with Gasteiger partial charge in [-0.25, -0.2) is 9.28 Å². The van der Waals surface area contributed by atoms with Crippen molar-refractivity contribution in [3.63, 3.8) is 0 Å². The highest BCUT2D eigenvalue weighted by Crippen LogP contribution is 2.66. The third-order valence-electron chi connectivity index (χ3n) is 13.4. The fourth-order valence-corrected chi connectivity index (χ4v) is 9.72. The summed E-state index contributed by atoms with van der Waals surface area (Å²) in [4.78, 5) is 42.4. The van der Waals surface area contributed by atoms with E-state index in [0.717, 1.165) is 56.2 Å². The lowest BCUT2D eigenvalue weighted by Crippen LogP contribution is -2.69. The molecule has 1 aromatic heterocycles. The van der Waals surface area contributed by atoms with E-state index in [2.05, 4.69) is 60.8 Å². The number of ether oxygens (including phenoxy) is 1. The monoisotopic (exact) mass is 630 g/mol. The van der Waals surface area contributed by atoms with E-state index in [1.807, 2.05) is 7.05 Å². The van der Waals surface area contributed by atoms with Crippen molar-refractivity contribution in [3.8, 4) is 0 Å². The van der Waals surface area contributed by atoms with E-state index in [1.54, 1.807) is 24.0 Å². The fraction of sp³-hybridized carbons (Fsp3) is 0.676. The molecule has 2 N–H and O–H groups in total. The maximum absolute atomic E-state index is 14.8. The molecule has 2 saturated heterocycles. The second kappa shape index (κ2) is 11.3. The van der Waals surface area contributed by atoms with Crippen molar-refractivity contribution in [3.05, 3.63) is 47.8 Å². The molecule has 3 amide bonds.